The van der Waals surface area contributed by atoms with Gasteiger partial charge >= 0.3 is 18.9 Å². The van der Waals surface area contributed by atoms with Gasteiger partial charge in [-0.1, -0.05) is 13.3 Å². The Bertz CT molecular complexity index is 343. The first-order valence-corrected chi connectivity index (χ1v) is 6.97. The summed E-state index contributed by atoms with van der Waals surface area (Å²) in [6, 6.07) is 3.93. The summed E-state index contributed by atoms with van der Waals surface area (Å²) in [7, 11) is 0. The van der Waals surface area contributed by atoms with Gasteiger partial charge in [-0.3, -0.25) is 9.78 Å². The summed E-state index contributed by atoms with van der Waals surface area (Å²) in [6.07, 6.45) is 5.57. The first-order chi connectivity index (χ1) is 8.95. The predicted molar refractivity (Wildman–Crippen MR) is 80.9 cm³/mol. The molecule has 0 aliphatic carbocycles. The predicted octanol–water partition coefficient (Wildman–Crippen LogP) is 0.965. The monoisotopic (exact) mass is 270 g/mol. The van der Waals surface area contributed by atoms with Crippen LogP contribution in [0.4, 0.5) is 0 Å². The number of rotatable bonds is 4. The van der Waals surface area contributed by atoms with Crippen LogP contribution < -0.4 is 18.9 Å². The summed E-state index contributed by atoms with van der Waals surface area (Å²) in [4.78, 5) is 17.9. The van der Waals surface area contributed by atoms with E-state index < -0.39 is 0 Å². The van der Waals surface area contributed by atoms with Crippen LogP contribution in [0.3, 0.4) is 0 Å². The second kappa shape index (κ2) is 12.0. The van der Waals surface area contributed by atoms with E-state index in [0.29, 0.717) is 5.56 Å². The van der Waals surface area contributed by atoms with Crippen LogP contribution in [0, 0.1) is 6.92 Å². The molecule has 0 atom stereocenters. The molecule has 3 nitrogen and oxygen atoms in total. The van der Waals surface area contributed by atoms with Crippen molar-refractivity contribution in [2.45, 2.75) is 59.5 Å². The van der Waals surface area contributed by atoms with Crippen molar-refractivity contribution in [1.82, 2.24) is 9.88 Å². The third-order valence-corrected chi connectivity index (χ3v) is 2.63. The maximum atomic E-state index is 12.1. The molecule has 0 aromatic carbocycles. The Hall–Kier alpha value is -0.783. The molecule has 0 radical (unpaired) electrons. The summed E-state index contributed by atoms with van der Waals surface area (Å²) in [5.74, 6) is 0.0717. The third-order valence-electron chi connectivity index (χ3n) is 2.63. The van der Waals surface area contributed by atoms with E-state index in [-0.39, 0.29) is 36.9 Å². The number of aromatic nitrogens is 1. The third kappa shape index (κ3) is 7.72. The maximum absolute atomic E-state index is 12.1. The molecule has 0 N–H and O–H groups in total. The Morgan fingerprint density at radius 2 is 1.60 bits per heavy atom. The van der Waals surface area contributed by atoms with Gasteiger partial charge in [0.25, 0.3) is 5.91 Å². The molecule has 0 spiro atoms. The molecular weight excluding hydrogens is 243 g/mol. The van der Waals surface area contributed by atoms with Crippen molar-refractivity contribution in [2.24, 2.45) is 0 Å². The van der Waals surface area contributed by atoms with Crippen molar-refractivity contribution in [2.75, 3.05) is 0 Å². The number of carbonyl (C=O) groups excluding carboxylic acids is 1. The van der Waals surface area contributed by atoms with Gasteiger partial charge in [-0.25, -0.2) is 0 Å². The Morgan fingerprint density at radius 1 is 1.20 bits per heavy atom. The van der Waals surface area contributed by atoms with Crippen LogP contribution in [0.25, 0.3) is 0 Å². The van der Waals surface area contributed by atoms with Gasteiger partial charge in [-0.15, -0.1) is 0 Å². The van der Waals surface area contributed by atoms with Crippen molar-refractivity contribution in [3.05, 3.63) is 37.0 Å². The van der Waals surface area contributed by atoms with E-state index >= 15 is 0 Å². The minimum atomic E-state index is 0. The summed E-state index contributed by atoms with van der Waals surface area (Å²) in [5, 5.41) is 0. The first kappa shape index (κ1) is 21.5. The number of carbonyl (C=O) groups is 1. The van der Waals surface area contributed by atoms with Gasteiger partial charge in [0.05, 0.1) is 0 Å². The summed E-state index contributed by atoms with van der Waals surface area (Å²) >= 11 is 0. The molecule has 0 aliphatic rings. The molecule has 0 saturated heterocycles. The quantitative estimate of drug-likeness (QED) is 0.603. The number of pyridine rings is 1. The van der Waals surface area contributed by atoms with Gasteiger partial charge in [0.1, 0.15) is 0 Å². The van der Waals surface area contributed by atoms with E-state index in [1.54, 1.807) is 24.5 Å². The first-order valence-electron chi connectivity index (χ1n) is 6.97. The van der Waals surface area contributed by atoms with Gasteiger partial charge in [0, 0.05) is 30.0 Å². The van der Waals surface area contributed by atoms with Crippen molar-refractivity contribution in [1.29, 1.82) is 0 Å². The minimum Gasteiger partial charge on any atom is -0.343 e. The Balaban J connectivity index is 0. The second-order valence-electron chi connectivity index (χ2n) is 4.99. The van der Waals surface area contributed by atoms with E-state index in [1.165, 1.54) is 6.42 Å². The summed E-state index contributed by atoms with van der Waals surface area (Å²) in [5.41, 5.74) is 0.701. The van der Waals surface area contributed by atoms with E-state index in [9.17, 15) is 4.79 Å². The maximum Gasteiger partial charge on any atom is 1.00 e. The normalized spacial score (nSPS) is 9.60. The topological polar surface area (TPSA) is 33.2 Å². The number of amides is 1. The van der Waals surface area contributed by atoms with Crippen LogP contribution in [-0.2, 0) is 0 Å². The standard InChI is InChI=1S/C12H18N2O.C4H9.Li/c1-9(2)14(10(3)4)12(15)11-5-7-13-8-6-11;1-3-4-2;/h5-10H,1-4H3;1,3-4H2,2H3;/q;-1;+1. The minimum absolute atomic E-state index is 0. The molecule has 1 rings (SSSR count). The fourth-order valence-corrected chi connectivity index (χ4v) is 1.71. The molecule has 0 unspecified atom stereocenters. The molecule has 0 aliphatic heterocycles. The van der Waals surface area contributed by atoms with Crippen LogP contribution in [-0.4, -0.2) is 27.9 Å². The van der Waals surface area contributed by atoms with Crippen molar-refractivity contribution in [3.63, 3.8) is 0 Å². The molecule has 108 valence electrons. The molecule has 0 saturated carbocycles. The van der Waals surface area contributed by atoms with E-state index in [2.05, 4.69) is 18.8 Å². The van der Waals surface area contributed by atoms with Gasteiger partial charge in [-0.05, 0) is 39.8 Å². The number of hydrogen-bond donors (Lipinski definition) is 0. The number of unbranched alkanes of at least 4 members (excludes halogenated alkanes) is 1. The Morgan fingerprint density at radius 3 is 1.90 bits per heavy atom. The fraction of sp³-hybridized carbons (Fsp3) is 0.562. The van der Waals surface area contributed by atoms with Gasteiger partial charge in [0.2, 0.25) is 0 Å². The average Bonchev–Trinajstić information content (AvgIpc) is 2.39. The zero-order valence-corrected chi connectivity index (χ0v) is 13.9. The van der Waals surface area contributed by atoms with Crippen LogP contribution in [0.5, 0.6) is 0 Å². The smallest absolute Gasteiger partial charge is 0.343 e. The van der Waals surface area contributed by atoms with Gasteiger partial charge in [0.15, 0.2) is 0 Å². The van der Waals surface area contributed by atoms with Crippen molar-refractivity contribution < 1.29 is 23.7 Å². The molecule has 20 heavy (non-hydrogen) atoms. The SMILES string of the molecule is CC(C)N(C(=O)c1ccncc1)C(C)C.[CH2-]CCC.[Li+]. The summed E-state index contributed by atoms with van der Waals surface area (Å²) < 4.78 is 0. The fourth-order valence-electron chi connectivity index (χ4n) is 1.71. The summed E-state index contributed by atoms with van der Waals surface area (Å²) in [6.45, 7) is 13.8. The van der Waals surface area contributed by atoms with E-state index in [0.717, 1.165) is 6.42 Å². The molecule has 4 heteroatoms. The zero-order valence-electron chi connectivity index (χ0n) is 13.9. The number of nitrogens with zero attached hydrogens (tertiary/aromatic N) is 2. The molecule has 1 heterocycles. The molecular formula is C16H27LiN2O. The largest absolute Gasteiger partial charge is 1.00 e. The molecule has 1 amide bonds. The van der Waals surface area contributed by atoms with E-state index in [1.807, 2.05) is 32.6 Å². The molecule has 1 aromatic rings. The zero-order chi connectivity index (χ0) is 14.8. The van der Waals surface area contributed by atoms with Crippen LogP contribution in [0.2, 0.25) is 0 Å². The Labute approximate surface area is 136 Å². The molecule has 0 bridgehead atoms. The van der Waals surface area contributed by atoms with Crippen molar-refractivity contribution >= 4 is 5.91 Å². The number of hydrogen-bond acceptors (Lipinski definition) is 2. The van der Waals surface area contributed by atoms with Gasteiger partial charge < -0.3 is 11.8 Å². The van der Waals surface area contributed by atoms with Crippen LogP contribution in [0.1, 0.15) is 57.8 Å². The second-order valence-corrected chi connectivity index (χ2v) is 4.99. The van der Waals surface area contributed by atoms with Gasteiger partial charge in [-0.2, -0.15) is 6.42 Å². The van der Waals surface area contributed by atoms with E-state index in [4.69, 9.17) is 0 Å². The molecule has 1 aromatic heterocycles. The molecule has 0 fully saturated rings. The van der Waals surface area contributed by atoms with Crippen molar-refractivity contribution in [3.8, 4) is 0 Å². The average molecular weight is 270 g/mol. The van der Waals surface area contributed by atoms with Crippen LogP contribution >= 0.6 is 0 Å². The van der Waals surface area contributed by atoms with Crippen LogP contribution in [0.15, 0.2) is 24.5 Å². The Kier molecular flexibility index (Phi) is 12.9.